The molecule has 2 aromatic rings. The number of carbonyl (C=O) groups is 2. The highest BCUT2D eigenvalue weighted by atomic mass is 32.1. The van der Waals surface area contributed by atoms with Gasteiger partial charge in [0.1, 0.15) is 5.82 Å². The molecule has 5 nitrogen and oxygen atoms in total. The molecule has 1 aromatic carbocycles. The van der Waals surface area contributed by atoms with Gasteiger partial charge >= 0.3 is 0 Å². The highest BCUT2D eigenvalue weighted by Gasteiger charge is 2.43. The molecule has 0 radical (unpaired) electrons. The van der Waals surface area contributed by atoms with Crippen LogP contribution in [-0.2, 0) is 9.53 Å². The first-order valence-electron chi connectivity index (χ1n) is 9.09. The van der Waals surface area contributed by atoms with E-state index in [1.54, 1.807) is 23.6 Å². The first-order valence-corrected chi connectivity index (χ1v) is 9.97. The van der Waals surface area contributed by atoms with E-state index < -0.39 is 29.3 Å². The maximum atomic E-state index is 13.9. The largest absolute Gasteiger partial charge is 0.503 e. The van der Waals surface area contributed by atoms with Crippen LogP contribution >= 0.6 is 11.3 Å². The molecule has 0 spiro atoms. The first-order chi connectivity index (χ1) is 13.4. The van der Waals surface area contributed by atoms with Gasteiger partial charge < -0.3 is 14.7 Å². The minimum Gasteiger partial charge on any atom is -0.503 e. The van der Waals surface area contributed by atoms with Gasteiger partial charge in [0, 0.05) is 13.2 Å². The Morgan fingerprint density at radius 2 is 2.11 bits per heavy atom. The fourth-order valence-electron chi connectivity index (χ4n) is 3.23. The predicted octanol–water partition coefficient (Wildman–Crippen LogP) is 4.28. The Hall–Kier alpha value is -2.51. The lowest BCUT2D eigenvalue weighted by Crippen LogP contribution is -2.32. The summed E-state index contributed by atoms with van der Waals surface area (Å²) in [6.45, 7) is 4.55. The van der Waals surface area contributed by atoms with Gasteiger partial charge in [-0.2, -0.15) is 0 Å². The lowest BCUT2D eigenvalue weighted by molar-refractivity contribution is -0.129. The molecule has 0 fully saturated rings. The summed E-state index contributed by atoms with van der Waals surface area (Å²) in [6, 6.07) is 8.29. The van der Waals surface area contributed by atoms with Gasteiger partial charge in [-0.25, -0.2) is 4.39 Å². The van der Waals surface area contributed by atoms with Gasteiger partial charge in [0.05, 0.1) is 22.6 Å². The van der Waals surface area contributed by atoms with Crippen LogP contribution < -0.4 is 0 Å². The second-order valence-electron chi connectivity index (χ2n) is 6.80. The Morgan fingerprint density at radius 3 is 2.75 bits per heavy atom. The zero-order valence-electron chi connectivity index (χ0n) is 15.7. The van der Waals surface area contributed by atoms with Gasteiger partial charge in [0.25, 0.3) is 5.91 Å². The molecule has 0 unspecified atom stereocenters. The minimum atomic E-state index is -0.836. The molecular formula is C21H22FNO4S. The van der Waals surface area contributed by atoms with Gasteiger partial charge in [-0.1, -0.05) is 18.2 Å². The van der Waals surface area contributed by atoms with Gasteiger partial charge in [-0.3, -0.25) is 9.59 Å². The van der Waals surface area contributed by atoms with Gasteiger partial charge in [0.2, 0.25) is 5.78 Å². The van der Waals surface area contributed by atoms with E-state index in [4.69, 9.17) is 4.74 Å². The molecule has 148 valence electrons. The van der Waals surface area contributed by atoms with Crippen LogP contribution in [0.4, 0.5) is 4.39 Å². The number of hydrogen-bond donors (Lipinski definition) is 1. The van der Waals surface area contributed by atoms with Crippen LogP contribution in [-0.4, -0.2) is 41.0 Å². The molecule has 0 saturated carbocycles. The highest BCUT2D eigenvalue weighted by molar-refractivity contribution is 7.12. The number of thiophene rings is 1. The van der Waals surface area contributed by atoms with Crippen molar-refractivity contribution in [2.24, 2.45) is 0 Å². The van der Waals surface area contributed by atoms with Crippen molar-refractivity contribution in [2.45, 2.75) is 32.4 Å². The molecule has 1 aliphatic rings. The Kier molecular flexibility index (Phi) is 6.26. The predicted molar refractivity (Wildman–Crippen MR) is 105 cm³/mol. The molecule has 3 rings (SSSR count). The van der Waals surface area contributed by atoms with Crippen molar-refractivity contribution in [3.8, 4) is 0 Å². The lowest BCUT2D eigenvalue weighted by Gasteiger charge is -2.27. The van der Waals surface area contributed by atoms with Crippen LogP contribution in [0.25, 0.3) is 0 Å². The van der Waals surface area contributed by atoms with E-state index in [2.05, 4.69) is 0 Å². The van der Waals surface area contributed by atoms with Crippen molar-refractivity contribution < 1.29 is 23.8 Å². The molecule has 1 N–H and O–H groups in total. The molecule has 2 heterocycles. The zero-order valence-corrected chi connectivity index (χ0v) is 16.5. The highest BCUT2D eigenvalue weighted by Crippen LogP contribution is 2.39. The number of Topliss-reactive ketones (excluding diaryl/α,β-unsaturated/α-hetero) is 1. The summed E-state index contributed by atoms with van der Waals surface area (Å²) in [5.74, 6) is -2.09. The van der Waals surface area contributed by atoms with Crippen molar-refractivity contribution in [3.63, 3.8) is 0 Å². The van der Waals surface area contributed by atoms with E-state index in [0.717, 1.165) is 0 Å². The summed E-state index contributed by atoms with van der Waals surface area (Å²) in [7, 11) is 0. The average molecular weight is 403 g/mol. The van der Waals surface area contributed by atoms with Crippen molar-refractivity contribution in [1.29, 1.82) is 0 Å². The number of rotatable bonds is 8. The SMILES string of the molecule is CC(C)OCCCN1C(=O)C(O)=C(C(=O)c2cccs2)[C@H]1c1cccc(F)c1. The number of amides is 1. The molecule has 1 aliphatic heterocycles. The fourth-order valence-corrected chi connectivity index (χ4v) is 3.91. The molecule has 0 aliphatic carbocycles. The van der Waals surface area contributed by atoms with Crippen LogP contribution in [0.1, 0.15) is 41.5 Å². The third-order valence-corrected chi connectivity index (χ3v) is 5.32. The van der Waals surface area contributed by atoms with Gasteiger partial charge in [-0.15, -0.1) is 11.3 Å². The van der Waals surface area contributed by atoms with E-state index in [0.29, 0.717) is 23.5 Å². The van der Waals surface area contributed by atoms with E-state index >= 15 is 0 Å². The Morgan fingerprint density at radius 1 is 1.32 bits per heavy atom. The van der Waals surface area contributed by atoms with Crippen LogP contribution in [0.15, 0.2) is 53.1 Å². The number of aliphatic hydroxyl groups excluding tert-OH is 1. The van der Waals surface area contributed by atoms with Gasteiger partial charge in [0.15, 0.2) is 5.76 Å². The lowest BCUT2D eigenvalue weighted by atomic mass is 9.95. The number of halogens is 1. The number of benzene rings is 1. The Balaban J connectivity index is 1.94. The number of aliphatic hydroxyl groups is 1. The second-order valence-corrected chi connectivity index (χ2v) is 7.75. The first kappa shape index (κ1) is 20.2. The maximum Gasteiger partial charge on any atom is 0.290 e. The Labute approximate surface area is 167 Å². The number of ketones is 1. The molecule has 1 atom stereocenters. The molecule has 7 heteroatoms. The summed E-state index contributed by atoms with van der Waals surface area (Å²) in [4.78, 5) is 27.5. The minimum absolute atomic E-state index is 0.0113. The molecule has 0 bridgehead atoms. The van der Waals surface area contributed by atoms with Crippen molar-refractivity contribution in [1.82, 2.24) is 4.90 Å². The molecule has 1 amide bonds. The standard InChI is InChI=1S/C21H22FNO4S/c1-13(2)27-10-5-9-23-18(14-6-3-7-15(22)12-14)17(20(25)21(23)26)19(24)16-8-4-11-28-16/h3-4,6-8,11-13,18,25H,5,9-10H2,1-2H3/t18-/m1/s1. The van der Waals surface area contributed by atoms with Crippen LogP contribution in [0.2, 0.25) is 0 Å². The topological polar surface area (TPSA) is 66.8 Å². The number of ether oxygens (including phenoxy) is 1. The fraction of sp³-hybridized carbons (Fsp3) is 0.333. The number of nitrogens with zero attached hydrogens (tertiary/aromatic N) is 1. The summed E-state index contributed by atoms with van der Waals surface area (Å²) in [6.07, 6.45) is 0.597. The van der Waals surface area contributed by atoms with E-state index in [1.165, 1.54) is 34.4 Å². The normalized spacial score (nSPS) is 17.1. The van der Waals surface area contributed by atoms with Crippen LogP contribution in [0.3, 0.4) is 0 Å². The molecule has 28 heavy (non-hydrogen) atoms. The quantitative estimate of drug-likeness (QED) is 0.528. The number of carbonyl (C=O) groups excluding carboxylic acids is 2. The summed E-state index contributed by atoms with van der Waals surface area (Å²) < 4.78 is 19.4. The Bertz CT molecular complexity index is 892. The van der Waals surface area contributed by atoms with Crippen molar-refractivity contribution >= 4 is 23.0 Å². The van der Waals surface area contributed by atoms with E-state index in [1.807, 2.05) is 13.8 Å². The summed E-state index contributed by atoms with van der Waals surface area (Å²) in [5, 5.41) is 12.2. The smallest absolute Gasteiger partial charge is 0.290 e. The molecule has 1 aromatic heterocycles. The summed E-state index contributed by atoms with van der Waals surface area (Å²) in [5.41, 5.74) is 0.435. The second kappa shape index (κ2) is 8.67. The molecular weight excluding hydrogens is 381 g/mol. The van der Waals surface area contributed by atoms with E-state index in [-0.39, 0.29) is 18.2 Å². The molecule has 0 saturated heterocycles. The monoisotopic (exact) mass is 403 g/mol. The average Bonchev–Trinajstić information content (AvgIpc) is 3.27. The van der Waals surface area contributed by atoms with Gasteiger partial charge in [-0.05, 0) is 49.4 Å². The summed E-state index contributed by atoms with van der Waals surface area (Å²) >= 11 is 1.23. The zero-order chi connectivity index (χ0) is 20.3. The van der Waals surface area contributed by atoms with Crippen LogP contribution in [0, 0.1) is 5.82 Å². The van der Waals surface area contributed by atoms with Crippen molar-refractivity contribution in [2.75, 3.05) is 13.2 Å². The maximum absolute atomic E-state index is 13.9. The van der Waals surface area contributed by atoms with E-state index in [9.17, 15) is 19.1 Å². The van der Waals surface area contributed by atoms with Crippen molar-refractivity contribution in [3.05, 3.63) is 69.4 Å². The third kappa shape index (κ3) is 4.15. The third-order valence-electron chi connectivity index (χ3n) is 4.45. The number of hydrogen-bond acceptors (Lipinski definition) is 5. The van der Waals surface area contributed by atoms with Crippen LogP contribution in [0.5, 0.6) is 0 Å².